The molecule has 4 nitrogen and oxygen atoms in total. The molecule has 0 aliphatic carbocycles. The third-order valence-electron chi connectivity index (χ3n) is 3.05. The molecule has 2 N–H and O–H groups in total. The highest BCUT2D eigenvalue weighted by Crippen LogP contribution is 2.08. The summed E-state index contributed by atoms with van der Waals surface area (Å²) in [5, 5.41) is 5.94. The van der Waals surface area contributed by atoms with E-state index in [9.17, 15) is 4.79 Å². The topological polar surface area (TPSA) is 44.4 Å². The zero-order valence-corrected chi connectivity index (χ0v) is 10.4. The van der Waals surface area contributed by atoms with Gasteiger partial charge in [0.1, 0.15) is 0 Å². The summed E-state index contributed by atoms with van der Waals surface area (Å²) in [6.45, 7) is 4.96. The predicted octanol–water partition coefficient (Wildman–Crippen LogP) is 0.588. The average Bonchev–Trinajstić information content (AvgIpc) is 2.55. The Morgan fingerprint density at radius 3 is 2.44 bits per heavy atom. The Morgan fingerprint density at radius 1 is 1.12 bits per heavy atom. The van der Waals surface area contributed by atoms with Gasteiger partial charge in [0, 0.05) is 26.1 Å². The number of nitrogens with zero attached hydrogens (tertiary/aromatic N) is 1. The van der Waals surface area contributed by atoms with E-state index in [1.54, 1.807) is 0 Å². The van der Waals surface area contributed by atoms with Gasteiger partial charge in [0.15, 0.2) is 0 Å². The van der Waals surface area contributed by atoms with Gasteiger partial charge in [-0.05, 0) is 33.0 Å². The molecule has 0 spiro atoms. The van der Waals surface area contributed by atoms with Gasteiger partial charge >= 0.3 is 0 Å². The second-order valence-electron chi connectivity index (χ2n) is 4.46. The van der Waals surface area contributed by atoms with Crippen LogP contribution < -0.4 is 10.6 Å². The van der Waals surface area contributed by atoms with Crippen LogP contribution in [0.15, 0.2) is 0 Å². The fraction of sp³-hybridized carbons (Fsp3) is 0.917. The fourth-order valence-corrected chi connectivity index (χ4v) is 2.04. The standard InChI is InChI=1S/C12H25N3O/c1-13-7-6-12(16)14-8-11-15-9-4-2-3-5-10-15/h13H,2-11H2,1H3,(H,14,16). The van der Waals surface area contributed by atoms with E-state index in [-0.39, 0.29) is 5.91 Å². The van der Waals surface area contributed by atoms with Crippen LogP contribution in [-0.2, 0) is 4.79 Å². The Hall–Kier alpha value is -0.610. The maximum atomic E-state index is 11.3. The second-order valence-corrected chi connectivity index (χ2v) is 4.46. The minimum absolute atomic E-state index is 0.157. The lowest BCUT2D eigenvalue weighted by atomic mass is 10.2. The first-order valence-electron chi connectivity index (χ1n) is 6.46. The third kappa shape index (κ3) is 6.08. The average molecular weight is 227 g/mol. The van der Waals surface area contributed by atoms with Gasteiger partial charge < -0.3 is 15.5 Å². The highest BCUT2D eigenvalue weighted by Gasteiger charge is 2.08. The van der Waals surface area contributed by atoms with Crippen LogP contribution in [0.4, 0.5) is 0 Å². The molecule has 16 heavy (non-hydrogen) atoms. The van der Waals surface area contributed by atoms with Crippen LogP contribution in [0.1, 0.15) is 32.1 Å². The van der Waals surface area contributed by atoms with E-state index < -0.39 is 0 Å². The molecule has 94 valence electrons. The first-order chi connectivity index (χ1) is 7.83. The molecule has 0 bridgehead atoms. The zero-order valence-electron chi connectivity index (χ0n) is 10.4. The van der Waals surface area contributed by atoms with Crippen molar-refractivity contribution in [1.29, 1.82) is 0 Å². The number of hydrogen-bond donors (Lipinski definition) is 2. The van der Waals surface area contributed by atoms with Crippen molar-refractivity contribution in [3.05, 3.63) is 0 Å². The number of likely N-dealkylation sites (tertiary alicyclic amines) is 1. The molecule has 1 fully saturated rings. The molecule has 1 aliphatic heterocycles. The fourth-order valence-electron chi connectivity index (χ4n) is 2.04. The summed E-state index contributed by atoms with van der Waals surface area (Å²) in [6, 6.07) is 0. The van der Waals surface area contributed by atoms with E-state index in [1.165, 1.54) is 38.8 Å². The Balaban J connectivity index is 2.02. The number of hydrogen-bond acceptors (Lipinski definition) is 3. The molecule has 4 heteroatoms. The van der Waals surface area contributed by atoms with Gasteiger partial charge in [-0.2, -0.15) is 0 Å². The molecule has 1 heterocycles. The van der Waals surface area contributed by atoms with Gasteiger partial charge in [0.2, 0.25) is 5.91 Å². The van der Waals surface area contributed by atoms with Gasteiger partial charge in [-0.1, -0.05) is 12.8 Å². The van der Waals surface area contributed by atoms with E-state index in [0.717, 1.165) is 19.6 Å². The van der Waals surface area contributed by atoms with Crippen molar-refractivity contribution >= 4 is 5.91 Å². The number of carbonyl (C=O) groups is 1. The van der Waals surface area contributed by atoms with Crippen LogP contribution in [0.25, 0.3) is 0 Å². The van der Waals surface area contributed by atoms with Gasteiger partial charge in [-0.15, -0.1) is 0 Å². The van der Waals surface area contributed by atoms with Crippen molar-refractivity contribution in [3.63, 3.8) is 0 Å². The van der Waals surface area contributed by atoms with E-state index in [2.05, 4.69) is 15.5 Å². The van der Waals surface area contributed by atoms with E-state index in [4.69, 9.17) is 0 Å². The molecule has 0 saturated carbocycles. The van der Waals surface area contributed by atoms with Gasteiger partial charge in [-0.25, -0.2) is 0 Å². The minimum atomic E-state index is 0.157. The Labute approximate surface area is 98.8 Å². The maximum Gasteiger partial charge on any atom is 0.221 e. The summed E-state index contributed by atoms with van der Waals surface area (Å²) in [4.78, 5) is 13.8. The molecule has 0 atom stereocenters. The maximum absolute atomic E-state index is 11.3. The summed E-state index contributed by atoms with van der Waals surface area (Å²) in [6.07, 6.45) is 5.94. The van der Waals surface area contributed by atoms with Crippen LogP contribution in [0.2, 0.25) is 0 Å². The molecule has 0 radical (unpaired) electrons. The van der Waals surface area contributed by atoms with Crippen LogP contribution >= 0.6 is 0 Å². The van der Waals surface area contributed by atoms with Crippen molar-refractivity contribution in [2.75, 3.05) is 39.8 Å². The lowest BCUT2D eigenvalue weighted by molar-refractivity contribution is -0.121. The molecular formula is C12H25N3O. The highest BCUT2D eigenvalue weighted by atomic mass is 16.1. The second kappa shape index (κ2) is 8.53. The van der Waals surface area contributed by atoms with E-state index >= 15 is 0 Å². The van der Waals surface area contributed by atoms with Crippen molar-refractivity contribution in [3.8, 4) is 0 Å². The van der Waals surface area contributed by atoms with Crippen molar-refractivity contribution in [2.45, 2.75) is 32.1 Å². The van der Waals surface area contributed by atoms with Crippen molar-refractivity contribution in [1.82, 2.24) is 15.5 Å². The first-order valence-corrected chi connectivity index (χ1v) is 6.46. The van der Waals surface area contributed by atoms with E-state index in [0.29, 0.717) is 6.42 Å². The van der Waals surface area contributed by atoms with Crippen molar-refractivity contribution in [2.24, 2.45) is 0 Å². The van der Waals surface area contributed by atoms with Crippen LogP contribution in [0.5, 0.6) is 0 Å². The minimum Gasteiger partial charge on any atom is -0.355 e. The molecular weight excluding hydrogens is 202 g/mol. The largest absolute Gasteiger partial charge is 0.355 e. The van der Waals surface area contributed by atoms with E-state index in [1.807, 2.05) is 7.05 Å². The zero-order chi connectivity index (χ0) is 11.6. The van der Waals surface area contributed by atoms with Crippen LogP contribution in [-0.4, -0.2) is 50.6 Å². The monoisotopic (exact) mass is 227 g/mol. The summed E-state index contributed by atoms with van der Waals surface area (Å²) in [7, 11) is 1.87. The lowest BCUT2D eigenvalue weighted by Crippen LogP contribution is -2.36. The quantitative estimate of drug-likeness (QED) is 0.698. The highest BCUT2D eigenvalue weighted by molar-refractivity contribution is 5.76. The number of nitrogens with one attached hydrogen (secondary N) is 2. The number of rotatable bonds is 6. The number of amides is 1. The van der Waals surface area contributed by atoms with Crippen molar-refractivity contribution < 1.29 is 4.79 Å². The molecule has 1 saturated heterocycles. The van der Waals surface area contributed by atoms with Gasteiger partial charge in [-0.3, -0.25) is 4.79 Å². The Morgan fingerprint density at radius 2 is 1.81 bits per heavy atom. The number of carbonyl (C=O) groups excluding carboxylic acids is 1. The Bertz CT molecular complexity index is 189. The molecule has 1 aliphatic rings. The summed E-state index contributed by atoms with van der Waals surface area (Å²) < 4.78 is 0. The summed E-state index contributed by atoms with van der Waals surface area (Å²) in [5.41, 5.74) is 0. The normalized spacial score (nSPS) is 18.1. The Kier molecular flexibility index (Phi) is 7.17. The van der Waals surface area contributed by atoms with Gasteiger partial charge in [0.05, 0.1) is 0 Å². The SMILES string of the molecule is CNCCC(=O)NCCN1CCCCCC1. The molecule has 1 amide bonds. The molecule has 0 aromatic rings. The first kappa shape index (κ1) is 13.5. The predicted molar refractivity (Wildman–Crippen MR) is 66.5 cm³/mol. The lowest BCUT2D eigenvalue weighted by Gasteiger charge is -2.19. The molecule has 0 aromatic carbocycles. The van der Waals surface area contributed by atoms with Crippen LogP contribution in [0.3, 0.4) is 0 Å². The summed E-state index contributed by atoms with van der Waals surface area (Å²) in [5.74, 6) is 0.157. The van der Waals surface area contributed by atoms with Gasteiger partial charge in [0.25, 0.3) is 0 Å². The molecule has 0 aromatic heterocycles. The molecule has 1 rings (SSSR count). The van der Waals surface area contributed by atoms with Crippen LogP contribution in [0, 0.1) is 0 Å². The summed E-state index contributed by atoms with van der Waals surface area (Å²) >= 11 is 0. The third-order valence-corrected chi connectivity index (χ3v) is 3.05. The smallest absolute Gasteiger partial charge is 0.221 e. The molecule has 0 unspecified atom stereocenters.